The van der Waals surface area contributed by atoms with Crippen LogP contribution in [0.3, 0.4) is 0 Å². The van der Waals surface area contributed by atoms with Crippen molar-refractivity contribution in [1.82, 2.24) is 4.98 Å². The van der Waals surface area contributed by atoms with E-state index in [1.165, 1.54) is 23.1 Å². The Hall–Kier alpha value is -4.02. The maximum atomic E-state index is 12.5. The molecule has 0 saturated carbocycles. The van der Waals surface area contributed by atoms with Crippen molar-refractivity contribution in [1.29, 1.82) is 0 Å². The van der Waals surface area contributed by atoms with E-state index in [1.807, 2.05) is 35.7 Å². The summed E-state index contributed by atoms with van der Waals surface area (Å²) in [4.78, 5) is 30.4. The highest BCUT2D eigenvalue weighted by molar-refractivity contribution is 8.00. The Kier molecular flexibility index (Phi) is 8.65. The van der Waals surface area contributed by atoms with Gasteiger partial charge in [0.25, 0.3) is 5.91 Å². The summed E-state index contributed by atoms with van der Waals surface area (Å²) < 4.78 is 15.8. The Morgan fingerprint density at radius 3 is 2.41 bits per heavy atom. The highest BCUT2D eigenvalue weighted by Crippen LogP contribution is 2.33. The minimum atomic E-state index is -0.227. The Morgan fingerprint density at radius 1 is 0.892 bits per heavy atom. The molecule has 1 aromatic heterocycles. The third kappa shape index (κ3) is 6.81. The number of nitrogens with one attached hydrogen (secondary N) is 2. The molecule has 2 N–H and O–H groups in total. The number of hydrogen-bond acceptors (Lipinski definition) is 8. The van der Waals surface area contributed by atoms with Gasteiger partial charge in [-0.05, 0) is 60.7 Å². The van der Waals surface area contributed by atoms with E-state index in [1.54, 1.807) is 57.7 Å². The number of aromatic nitrogens is 1. The average molecular weight is 536 g/mol. The third-order valence-corrected chi connectivity index (χ3v) is 7.01. The van der Waals surface area contributed by atoms with E-state index < -0.39 is 0 Å². The highest BCUT2D eigenvalue weighted by Gasteiger charge is 2.12. The maximum Gasteiger partial charge on any atom is 0.255 e. The minimum absolute atomic E-state index is 0.159. The van der Waals surface area contributed by atoms with E-state index in [-0.39, 0.29) is 17.6 Å². The molecule has 0 aliphatic heterocycles. The first kappa shape index (κ1) is 26.1. The quantitative estimate of drug-likeness (QED) is 0.247. The van der Waals surface area contributed by atoms with Crippen molar-refractivity contribution in [2.45, 2.75) is 4.90 Å². The number of ether oxygens (including phenoxy) is 3. The molecule has 0 atom stereocenters. The molecule has 8 nitrogen and oxygen atoms in total. The number of amides is 2. The smallest absolute Gasteiger partial charge is 0.255 e. The molecule has 0 saturated heterocycles. The molecule has 0 bridgehead atoms. The number of rotatable bonds is 10. The Morgan fingerprint density at radius 2 is 1.68 bits per heavy atom. The number of methoxy groups -OCH3 is 3. The van der Waals surface area contributed by atoms with Crippen LogP contribution in [0.1, 0.15) is 10.4 Å². The number of anilines is 2. The van der Waals surface area contributed by atoms with Gasteiger partial charge in [0.15, 0.2) is 16.6 Å². The monoisotopic (exact) mass is 535 g/mol. The molecule has 0 aliphatic carbocycles. The van der Waals surface area contributed by atoms with Crippen molar-refractivity contribution in [3.63, 3.8) is 0 Å². The van der Waals surface area contributed by atoms with Crippen molar-refractivity contribution >= 4 is 45.7 Å². The number of hydrogen-bond donors (Lipinski definition) is 2. The summed E-state index contributed by atoms with van der Waals surface area (Å²) in [6.45, 7) is 0. The van der Waals surface area contributed by atoms with Crippen molar-refractivity contribution < 1.29 is 23.8 Å². The fourth-order valence-corrected chi connectivity index (χ4v) is 4.80. The molecule has 10 heteroatoms. The van der Waals surface area contributed by atoms with Crippen LogP contribution < -0.4 is 24.8 Å². The molecule has 0 unspecified atom stereocenters. The predicted molar refractivity (Wildman–Crippen MR) is 147 cm³/mol. The number of thiazole rings is 1. The second-order valence-electron chi connectivity index (χ2n) is 7.65. The SMILES string of the molecule is COc1cccc(C(=O)Nc2ccc(SCC(=O)Nc3nc(-c4ccc(OC)c(OC)c4)cs3)cc2)c1. The second kappa shape index (κ2) is 12.3. The molecule has 37 heavy (non-hydrogen) atoms. The van der Waals surface area contributed by atoms with Gasteiger partial charge in [-0.1, -0.05) is 6.07 Å². The zero-order chi connectivity index (χ0) is 26.2. The molecule has 0 spiro atoms. The first-order valence-electron chi connectivity index (χ1n) is 11.1. The minimum Gasteiger partial charge on any atom is -0.497 e. The lowest BCUT2D eigenvalue weighted by Crippen LogP contribution is -2.13. The van der Waals surface area contributed by atoms with E-state index in [0.717, 1.165) is 16.2 Å². The maximum absolute atomic E-state index is 12.5. The predicted octanol–water partition coefficient (Wildman–Crippen LogP) is 5.82. The first-order chi connectivity index (χ1) is 18.0. The molecule has 2 amide bonds. The van der Waals surface area contributed by atoms with Gasteiger partial charge in [-0.15, -0.1) is 23.1 Å². The zero-order valence-corrected chi connectivity index (χ0v) is 22.1. The molecule has 3 aromatic carbocycles. The largest absolute Gasteiger partial charge is 0.497 e. The van der Waals surface area contributed by atoms with Gasteiger partial charge in [0.2, 0.25) is 5.91 Å². The summed E-state index contributed by atoms with van der Waals surface area (Å²) in [5.41, 5.74) is 2.76. The van der Waals surface area contributed by atoms with Gasteiger partial charge in [0.1, 0.15) is 5.75 Å². The van der Waals surface area contributed by atoms with Crippen molar-refractivity contribution in [2.24, 2.45) is 0 Å². The lowest BCUT2D eigenvalue weighted by Gasteiger charge is -2.08. The first-order valence-corrected chi connectivity index (χ1v) is 13.0. The molecule has 4 rings (SSSR count). The molecule has 190 valence electrons. The van der Waals surface area contributed by atoms with Crippen LogP contribution in [-0.4, -0.2) is 43.9 Å². The van der Waals surface area contributed by atoms with Gasteiger partial charge in [0.05, 0.1) is 32.8 Å². The molecule has 0 radical (unpaired) electrons. The molecule has 0 fully saturated rings. The van der Waals surface area contributed by atoms with Crippen LogP contribution in [-0.2, 0) is 4.79 Å². The van der Waals surface area contributed by atoms with E-state index in [2.05, 4.69) is 15.6 Å². The number of carbonyl (C=O) groups excluding carboxylic acids is 2. The van der Waals surface area contributed by atoms with Gasteiger partial charge in [-0.25, -0.2) is 4.98 Å². The number of thioether (sulfide) groups is 1. The van der Waals surface area contributed by atoms with Crippen LogP contribution in [0.4, 0.5) is 10.8 Å². The van der Waals surface area contributed by atoms with Crippen molar-refractivity contribution in [3.05, 3.63) is 77.7 Å². The summed E-state index contributed by atoms with van der Waals surface area (Å²) in [5.74, 6) is 1.71. The van der Waals surface area contributed by atoms with Crippen LogP contribution in [0.2, 0.25) is 0 Å². The van der Waals surface area contributed by atoms with Gasteiger partial charge in [-0.3, -0.25) is 9.59 Å². The van der Waals surface area contributed by atoms with Crippen molar-refractivity contribution in [3.8, 4) is 28.5 Å². The fraction of sp³-hybridized carbons (Fsp3) is 0.148. The van der Waals surface area contributed by atoms with Gasteiger partial charge in [-0.2, -0.15) is 0 Å². The number of benzene rings is 3. The van der Waals surface area contributed by atoms with Crippen LogP contribution >= 0.6 is 23.1 Å². The normalized spacial score (nSPS) is 10.5. The molecule has 0 aliphatic rings. The van der Waals surface area contributed by atoms with Crippen LogP contribution in [0.15, 0.2) is 77.0 Å². The van der Waals surface area contributed by atoms with Crippen molar-refractivity contribution in [2.75, 3.05) is 37.7 Å². The van der Waals surface area contributed by atoms with E-state index >= 15 is 0 Å². The standard InChI is InChI=1S/C27H25N3O5S2/c1-33-20-6-4-5-18(13-20)26(32)28-19-8-10-21(11-9-19)36-16-25(31)30-27-29-22(15-37-27)17-7-12-23(34-2)24(14-17)35-3/h4-15H,16H2,1-3H3,(H,28,32)(H,29,30,31). The molecular formula is C27H25N3O5S2. The molecule has 1 heterocycles. The van der Waals surface area contributed by atoms with Crippen LogP contribution in [0, 0.1) is 0 Å². The second-order valence-corrected chi connectivity index (χ2v) is 9.56. The molecular weight excluding hydrogens is 510 g/mol. The Balaban J connectivity index is 1.29. The fourth-order valence-electron chi connectivity index (χ4n) is 3.37. The van der Waals surface area contributed by atoms with Gasteiger partial charge < -0.3 is 24.8 Å². The lowest BCUT2D eigenvalue weighted by atomic mass is 10.1. The Bertz CT molecular complexity index is 1390. The summed E-state index contributed by atoms with van der Waals surface area (Å²) in [6.07, 6.45) is 0. The Labute approximate surface area is 223 Å². The van der Waals surface area contributed by atoms with Gasteiger partial charge >= 0.3 is 0 Å². The number of carbonyl (C=O) groups is 2. The van der Waals surface area contributed by atoms with E-state index in [9.17, 15) is 9.59 Å². The summed E-state index contributed by atoms with van der Waals surface area (Å²) >= 11 is 2.75. The summed E-state index contributed by atoms with van der Waals surface area (Å²) in [5, 5.41) is 8.10. The average Bonchev–Trinajstić information content (AvgIpc) is 3.40. The third-order valence-electron chi connectivity index (χ3n) is 5.24. The highest BCUT2D eigenvalue weighted by atomic mass is 32.2. The molecule has 4 aromatic rings. The summed E-state index contributed by atoms with van der Waals surface area (Å²) in [7, 11) is 4.72. The van der Waals surface area contributed by atoms with Crippen LogP contribution in [0.5, 0.6) is 17.2 Å². The van der Waals surface area contributed by atoms with E-state index in [0.29, 0.717) is 33.6 Å². The summed E-state index contributed by atoms with van der Waals surface area (Å²) in [6, 6.07) is 19.8. The number of nitrogens with zero attached hydrogens (tertiary/aromatic N) is 1. The van der Waals surface area contributed by atoms with Crippen LogP contribution in [0.25, 0.3) is 11.3 Å². The zero-order valence-electron chi connectivity index (χ0n) is 20.4. The topological polar surface area (TPSA) is 98.8 Å². The lowest BCUT2D eigenvalue weighted by molar-refractivity contribution is -0.113. The van der Waals surface area contributed by atoms with E-state index in [4.69, 9.17) is 14.2 Å². The van der Waals surface area contributed by atoms with Gasteiger partial charge in [0, 0.05) is 27.1 Å².